The van der Waals surface area contributed by atoms with Crippen LogP contribution in [0.4, 0.5) is 0 Å². The minimum atomic E-state index is 0.244. The summed E-state index contributed by atoms with van der Waals surface area (Å²) in [5, 5.41) is 7.49. The highest BCUT2D eigenvalue weighted by Gasteiger charge is 2.12. The van der Waals surface area contributed by atoms with E-state index in [9.17, 15) is 0 Å². The smallest absolute Gasteiger partial charge is 0.212 e. The summed E-state index contributed by atoms with van der Waals surface area (Å²) in [5.41, 5.74) is 2.34. The molecule has 0 saturated carbocycles. The molecule has 0 amide bonds. The summed E-state index contributed by atoms with van der Waals surface area (Å²) in [6, 6.07) is 4.16. The van der Waals surface area contributed by atoms with Crippen molar-refractivity contribution >= 4 is 0 Å². The number of rotatable bonds is 5. The molecule has 96 valence electrons. The number of aromatic nitrogens is 3. The molecule has 2 heterocycles. The zero-order chi connectivity index (χ0) is 13.0. The van der Waals surface area contributed by atoms with Crippen LogP contribution in [-0.2, 0) is 13.5 Å². The minimum absolute atomic E-state index is 0.244. The van der Waals surface area contributed by atoms with Crippen LogP contribution in [-0.4, -0.2) is 28.9 Å². The molecule has 0 aliphatic rings. The Morgan fingerprint density at radius 1 is 1.39 bits per heavy atom. The number of aryl methyl sites for hydroxylation is 1. The standard InChI is InChI=1S/C13H18N4O/c1-14-12(11-8-16-17(2)9-11)6-10-4-5-13(18-3)15-7-10/h4-5,7-9,12,14H,6H2,1-3H3. The van der Waals surface area contributed by atoms with E-state index in [1.165, 1.54) is 11.1 Å². The van der Waals surface area contributed by atoms with Crippen molar-refractivity contribution < 1.29 is 4.74 Å². The van der Waals surface area contributed by atoms with Gasteiger partial charge in [0.2, 0.25) is 5.88 Å². The number of ether oxygens (including phenoxy) is 1. The molecule has 1 atom stereocenters. The second kappa shape index (κ2) is 5.64. The Labute approximate surface area is 107 Å². The molecule has 5 heteroatoms. The van der Waals surface area contributed by atoms with E-state index in [1.807, 2.05) is 49.5 Å². The van der Waals surface area contributed by atoms with Gasteiger partial charge in [-0.15, -0.1) is 0 Å². The van der Waals surface area contributed by atoms with E-state index >= 15 is 0 Å². The Morgan fingerprint density at radius 2 is 2.22 bits per heavy atom. The number of hydrogen-bond acceptors (Lipinski definition) is 4. The third kappa shape index (κ3) is 2.87. The summed E-state index contributed by atoms with van der Waals surface area (Å²) in [6.07, 6.45) is 6.63. The summed E-state index contributed by atoms with van der Waals surface area (Å²) >= 11 is 0. The Kier molecular flexibility index (Phi) is 3.94. The van der Waals surface area contributed by atoms with Gasteiger partial charge in [-0.1, -0.05) is 6.07 Å². The van der Waals surface area contributed by atoms with Crippen molar-refractivity contribution in [2.45, 2.75) is 12.5 Å². The number of nitrogens with zero attached hydrogens (tertiary/aromatic N) is 3. The van der Waals surface area contributed by atoms with Crippen LogP contribution >= 0.6 is 0 Å². The summed E-state index contributed by atoms with van der Waals surface area (Å²) in [6.45, 7) is 0. The lowest BCUT2D eigenvalue weighted by Crippen LogP contribution is -2.18. The fourth-order valence-electron chi connectivity index (χ4n) is 1.89. The summed E-state index contributed by atoms with van der Waals surface area (Å²) < 4.78 is 6.86. The van der Waals surface area contributed by atoms with Crippen molar-refractivity contribution in [2.75, 3.05) is 14.2 Å². The molecule has 2 aromatic rings. The third-order valence-electron chi connectivity index (χ3n) is 2.92. The highest BCUT2D eigenvalue weighted by molar-refractivity contribution is 5.21. The Morgan fingerprint density at radius 3 is 2.72 bits per heavy atom. The van der Waals surface area contributed by atoms with Gasteiger partial charge in [0.15, 0.2) is 0 Å². The third-order valence-corrected chi connectivity index (χ3v) is 2.92. The fraction of sp³-hybridized carbons (Fsp3) is 0.385. The van der Waals surface area contributed by atoms with Crippen molar-refractivity contribution in [1.82, 2.24) is 20.1 Å². The molecular formula is C13H18N4O. The molecule has 0 aliphatic carbocycles. The van der Waals surface area contributed by atoms with Crippen LogP contribution in [0.15, 0.2) is 30.7 Å². The van der Waals surface area contributed by atoms with E-state index in [0.29, 0.717) is 5.88 Å². The Bertz CT molecular complexity index is 492. The molecule has 18 heavy (non-hydrogen) atoms. The SMILES string of the molecule is CNC(Cc1ccc(OC)nc1)c1cnn(C)c1. The van der Waals surface area contributed by atoms with Crippen LogP contribution in [0.1, 0.15) is 17.2 Å². The Hall–Kier alpha value is -1.88. The number of likely N-dealkylation sites (N-methyl/N-ethyl adjacent to an activating group) is 1. The lowest BCUT2D eigenvalue weighted by atomic mass is 10.0. The normalized spacial score (nSPS) is 12.4. The van der Waals surface area contributed by atoms with Crippen LogP contribution < -0.4 is 10.1 Å². The van der Waals surface area contributed by atoms with E-state index in [4.69, 9.17) is 4.74 Å². The number of methoxy groups -OCH3 is 1. The first-order valence-electron chi connectivity index (χ1n) is 5.87. The highest BCUT2D eigenvalue weighted by Crippen LogP contribution is 2.18. The second-order valence-corrected chi connectivity index (χ2v) is 4.20. The zero-order valence-electron chi connectivity index (χ0n) is 10.9. The molecule has 2 aromatic heterocycles. The van der Waals surface area contributed by atoms with Crippen molar-refractivity contribution in [1.29, 1.82) is 0 Å². The lowest BCUT2D eigenvalue weighted by molar-refractivity contribution is 0.397. The molecule has 5 nitrogen and oxygen atoms in total. The first kappa shape index (κ1) is 12.6. The topological polar surface area (TPSA) is 52.0 Å². The fourth-order valence-corrected chi connectivity index (χ4v) is 1.89. The quantitative estimate of drug-likeness (QED) is 0.864. The van der Waals surface area contributed by atoms with Crippen LogP contribution in [0, 0.1) is 0 Å². The molecule has 2 rings (SSSR count). The molecule has 0 fully saturated rings. The van der Waals surface area contributed by atoms with E-state index in [0.717, 1.165) is 6.42 Å². The highest BCUT2D eigenvalue weighted by atomic mass is 16.5. The number of hydrogen-bond donors (Lipinski definition) is 1. The molecule has 0 bridgehead atoms. The van der Waals surface area contributed by atoms with Gasteiger partial charge in [0.05, 0.1) is 13.3 Å². The van der Waals surface area contributed by atoms with Crippen LogP contribution in [0.5, 0.6) is 5.88 Å². The summed E-state index contributed by atoms with van der Waals surface area (Å²) in [5.74, 6) is 0.640. The van der Waals surface area contributed by atoms with Gasteiger partial charge in [-0.25, -0.2) is 4.98 Å². The van der Waals surface area contributed by atoms with Gasteiger partial charge in [-0.05, 0) is 19.0 Å². The average molecular weight is 246 g/mol. The van der Waals surface area contributed by atoms with Gasteiger partial charge in [0.25, 0.3) is 0 Å². The first-order chi connectivity index (χ1) is 8.72. The van der Waals surface area contributed by atoms with E-state index in [2.05, 4.69) is 15.4 Å². The number of nitrogens with one attached hydrogen (secondary N) is 1. The van der Waals surface area contributed by atoms with Crippen LogP contribution in [0.3, 0.4) is 0 Å². The molecule has 0 spiro atoms. The van der Waals surface area contributed by atoms with Crippen molar-refractivity contribution in [3.05, 3.63) is 41.9 Å². The van der Waals surface area contributed by atoms with Gasteiger partial charge in [-0.3, -0.25) is 4.68 Å². The maximum absolute atomic E-state index is 5.05. The van der Waals surface area contributed by atoms with Gasteiger partial charge in [-0.2, -0.15) is 5.10 Å². The molecule has 1 N–H and O–H groups in total. The maximum atomic E-state index is 5.05. The van der Waals surface area contributed by atoms with E-state index in [1.54, 1.807) is 7.11 Å². The summed E-state index contributed by atoms with van der Waals surface area (Å²) in [7, 11) is 5.49. The molecule has 1 unspecified atom stereocenters. The Balaban J connectivity index is 2.10. The molecule has 0 radical (unpaired) electrons. The summed E-state index contributed by atoms with van der Waals surface area (Å²) in [4.78, 5) is 4.21. The predicted octanol–water partition coefficient (Wildman–Crippen LogP) is 1.33. The van der Waals surface area contributed by atoms with Crippen LogP contribution in [0.2, 0.25) is 0 Å². The van der Waals surface area contributed by atoms with Crippen molar-refractivity contribution in [2.24, 2.45) is 7.05 Å². The van der Waals surface area contributed by atoms with Gasteiger partial charge < -0.3 is 10.1 Å². The van der Waals surface area contributed by atoms with Crippen molar-refractivity contribution in [3.8, 4) is 5.88 Å². The largest absolute Gasteiger partial charge is 0.481 e. The lowest BCUT2D eigenvalue weighted by Gasteiger charge is -2.14. The van der Waals surface area contributed by atoms with Crippen LogP contribution in [0.25, 0.3) is 0 Å². The first-order valence-corrected chi connectivity index (χ1v) is 5.87. The maximum Gasteiger partial charge on any atom is 0.212 e. The molecule has 0 aromatic carbocycles. The van der Waals surface area contributed by atoms with Gasteiger partial charge >= 0.3 is 0 Å². The number of pyridine rings is 1. The second-order valence-electron chi connectivity index (χ2n) is 4.20. The van der Waals surface area contributed by atoms with Crippen molar-refractivity contribution in [3.63, 3.8) is 0 Å². The van der Waals surface area contributed by atoms with Gasteiger partial charge in [0.1, 0.15) is 0 Å². The molecular weight excluding hydrogens is 228 g/mol. The zero-order valence-corrected chi connectivity index (χ0v) is 10.9. The molecule has 0 aliphatic heterocycles. The molecule has 0 saturated heterocycles. The van der Waals surface area contributed by atoms with E-state index in [-0.39, 0.29) is 6.04 Å². The predicted molar refractivity (Wildman–Crippen MR) is 69.5 cm³/mol. The monoisotopic (exact) mass is 246 g/mol. The average Bonchev–Trinajstić information content (AvgIpc) is 2.83. The minimum Gasteiger partial charge on any atom is -0.481 e. The van der Waals surface area contributed by atoms with E-state index < -0.39 is 0 Å². The van der Waals surface area contributed by atoms with Gasteiger partial charge in [0, 0.05) is 37.1 Å².